The van der Waals surface area contributed by atoms with Crippen molar-refractivity contribution in [1.82, 2.24) is 0 Å². The highest BCUT2D eigenvalue weighted by Gasteiger charge is 1.82. The van der Waals surface area contributed by atoms with Gasteiger partial charge in [-0.25, -0.2) is 0 Å². The SMILES string of the molecule is C.CC=N/C=C(\C)CCC.CCc1ccccc1. The van der Waals surface area contributed by atoms with Crippen LogP contribution in [0.25, 0.3) is 0 Å². The Morgan fingerprint density at radius 3 is 2.17 bits per heavy atom. The van der Waals surface area contributed by atoms with Crippen molar-refractivity contribution in [3.05, 3.63) is 47.7 Å². The fourth-order valence-electron chi connectivity index (χ4n) is 1.37. The van der Waals surface area contributed by atoms with E-state index in [1.165, 1.54) is 17.6 Å². The summed E-state index contributed by atoms with van der Waals surface area (Å²) < 4.78 is 0. The van der Waals surface area contributed by atoms with Gasteiger partial charge in [0, 0.05) is 12.4 Å². The van der Waals surface area contributed by atoms with Crippen molar-refractivity contribution < 1.29 is 0 Å². The number of nitrogens with zero attached hydrogens (tertiary/aromatic N) is 1. The normalized spacial score (nSPS) is 10.6. The number of allylic oxidation sites excluding steroid dienone is 1. The number of rotatable bonds is 4. The van der Waals surface area contributed by atoms with Gasteiger partial charge in [-0.2, -0.15) is 0 Å². The van der Waals surface area contributed by atoms with Crippen LogP contribution in [0.1, 0.15) is 53.5 Å². The maximum absolute atomic E-state index is 4.00. The lowest BCUT2D eigenvalue weighted by Crippen LogP contribution is -1.73. The van der Waals surface area contributed by atoms with Crippen molar-refractivity contribution in [3.63, 3.8) is 0 Å². The summed E-state index contributed by atoms with van der Waals surface area (Å²) in [5, 5.41) is 0. The lowest BCUT2D eigenvalue weighted by atomic mass is 10.2. The van der Waals surface area contributed by atoms with Gasteiger partial charge in [-0.05, 0) is 32.3 Å². The summed E-state index contributed by atoms with van der Waals surface area (Å²) >= 11 is 0. The molecule has 0 spiro atoms. The first-order valence-electron chi connectivity index (χ1n) is 6.41. The summed E-state index contributed by atoms with van der Waals surface area (Å²) in [7, 11) is 0. The van der Waals surface area contributed by atoms with E-state index in [-0.39, 0.29) is 7.43 Å². The Morgan fingerprint density at radius 2 is 1.78 bits per heavy atom. The van der Waals surface area contributed by atoms with Crippen LogP contribution in [0, 0.1) is 0 Å². The average molecular weight is 247 g/mol. The van der Waals surface area contributed by atoms with Gasteiger partial charge in [-0.15, -0.1) is 0 Å². The molecule has 0 bridgehead atoms. The maximum Gasteiger partial charge on any atom is 0.0252 e. The minimum atomic E-state index is 0. The van der Waals surface area contributed by atoms with Gasteiger partial charge in [0.1, 0.15) is 0 Å². The van der Waals surface area contributed by atoms with Crippen LogP contribution in [-0.4, -0.2) is 6.21 Å². The smallest absolute Gasteiger partial charge is 0.0252 e. The van der Waals surface area contributed by atoms with Gasteiger partial charge >= 0.3 is 0 Å². The molecule has 102 valence electrons. The predicted octanol–water partition coefficient (Wildman–Crippen LogP) is 5.67. The molecule has 0 saturated carbocycles. The van der Waals surface area contributed by atoms with Crippen molar-refractivity contribution in [2.45, 2.75) is 54.4 Å². The summed E-state index contributed by atoms with van der Waals surface area (Å²) in [6.45, 7) is 8.37. The molecule has 1 rings (SSSR count). The molecule has 0 saturated heterocycles. The van der Waals surface area contributed by atoms with Crippen LogP contribution < -0.4 is 0 Å². The molecule has 0 heterocycles. The third kappa shape index (κ3) is 11.1. The van der Waals surface area contributed by atoms with Crippen molar-refractivity contribution in [2.24, 2.45) is 4.99 Å². The Labute approximate surface area is 114 Å². The number of benzene rings is 1. The Kier molecular flexibility index (Phi) is 14.4. The minimum absolute atomic E-state index is 0. The topological polar surface area (TPSA) is 12.4 Å². The highest BCUT2D eigenvalue weighted by atomic mass is 14.7. The molecular weight excluding hydrogens is 218 g/mol. The fraction of sp³-hybridized carbons (Fsp3) is 0.471. The molecule has 18 heavy (non-hydrogen) atoms. The number of hydrogen-bond acceptors (Lipinski definition) is 1. The molecule has 0 aliphatic carbocycles. The molecule has 1 aromatic rings. The Hall–Kier alpha value is -1.37. The van der Waals surface area contributed by atoms with Crippen molar-refractivity contribution >= 4 is 6.21 Å². The molecule has 1 aromatic carbocycles. The van der Waals surface area contributed by atoms with Gasteiger partial charge < -0.3 is 0 Å². The zero-order chi connectivity index (χ0) is 12.9. The lowest BCUT2D eigenvalue weighted by Gasteiger charge is -1.91. The first kappa shape index (κ1) is 19.0. The highest BCUT2D eigenvalue weighted by Crippen LogP contribution is 2.01. The van der Waals surface area contributed by atoms with E-state index >= 15 is 0 Å². The largest absolute Gasteiger partial charge is 0.269 e. The second kappa shape index (κ2) is 13.7. The van der Waals surface area contributed by atoms with Crippen LogP contribution in [-0.2, 0) is 6.42 Å². The summed E-state index contributed by atoms with van der Waals surface area (Å²) in [6.07, 6.45) is 7.24. The maximum atomic E-state index is 4.00. The van der Waals surface area contributed by atoms with Gasteiger partial charge in [0.15, 0.2) is 0 Å². The molecule has 0 fully saturated rings. The van der Waals surface area contributed by atoms with Crippen LogP contribution in [0.4, 0.5) is 0 Å². The summed E-state index contributed by atoms with van der Waals surface area (Å²) in [6, 6.07) is 10.5. The molecule has 0 N–H and O–H groups in total. The lowest BCUT2D eigenvalue weighted by molar-refractivity contribution is 0.901. The molecule has 0 aromatic heterocycles. The number of aryl methyl sites for hydroxylation is 1. The first-order chi connectivity index (χ1) is 8.24. The van der Waals surface area contributed by atoms with Gasteiger partial charge in [0.25, 0.3) is 0 Å². The van der Waals surface area contributed by atoms with Crippen LogP contribution in [0.2, 0.25) is 0 Å². The first-order valence-corrected chi connectivity index (χ1v) is 6.41. The molecule has 0 radical (unpaired) electrons. The summed E-state index contributed by atoms with van der Waals surface area (Å²) in [4.78, 5) is 4.00. The van der Waals surface area contributed by atoms with Gasteiger partial charge in [0.2, 0.25) is 0 Å². The van der Waals surface area contributed by atoms with E-state index in [9.17, 15) is 0 Å². The van der Waals surface area contributed by atoms with E-state index in [4.69, 9.17) is 0 Å². The Bertz CT molecular complexity index is 323. The second-order valence-corrected chi connectivity index (χ2v) is 3.97. The number of aliphatic imine (C=N–C) groups is 1. The Balaban J connectivity index is 0. The van der Waals surface area contributed by atoms with Crippen molar-refractivity contribution in [3.8, 4) is 0 Å². The average Bonchev–Trinajstić information content (AvgIpc) is 2.38. The van der Waals surface area contributed by atoms with E-state index < -0.39 is 0 Å². The Morgan fingerprint density at radius 1 is 1.17 bits per heavy atom. The van der Waals surface area contributed by atoms with Gasteiger partial charge in [-0.3, -0.25) is 4.99 Å². The van der Waals surface area contributed by atoms with Crippen LogP contribution in [0.3, 0.4) is 0 Å². The third-order valence-electron chi connectivity index (χ3n) is 2.34. The standard InChI is InChI=1S/C8H15N.C8H10.CH4/c1-4-6-8(3)7-9-5-2;1-2-8-6-4-3-5-7-8;/h5,7H,4,6H2,1-3H3;3-7H,2H2,1H3;1H4/b8-7+,9-5?;;. The molecule has 0 aliphatic rings. The molecule has 1 nitrogen and oxygen atoms in total. The fourth-order valence-corrected chi connectivity index (χ4v) is 1.37. The number of hydrogen-bond donors (Lipinski definition) is 0. The van der Waals surface area contributed by atoms with Crippen molar-refractivity contribution in [1.29, 1.82) is 0 Å². The molecule has 0 unspecified atom stereocenters. The monoisotopic (exact) mass is 247 g/mol. The zero-order valence-electron chi connectivity index (χ0n) is 11.6. The molecule has 0 atom stereocenters. The van der Waals surface area contributed by atoms with Gasteiger partial charge in [0.05, 0.1) is 0 Å². The van der Waals surface area contributed by atoms with Crippen LogP contribution in [0.15, 0.2) is 47.1 Å². The molecule has 0 amide bonds. The van der Waals surface area contributed by atoms with E-state index in [1.807, 2.05) is 19.2 Å². The molecular formula is C17H29N. The molecule has 0 aliphatic heterocycles. The highest BCUT2D eigenvalue weighted by molar-refractivity contribution is 5.54. The zero-order valence-corrected chi connectivity index (χ0v) is 11.6. The molecule has 1 heteroatoms. The third-order valence-corrected chi connectivity index (χ3v) is 2.34. The summed E-state index contributed by atoms with van der Waals surface area (Å²) in [5.74, 6) is 0. The minimum Gasteiger partial charge on any atom is -0.269 e. The summed E-state index contributed by atoms with van der Waals surface area (Å²) in [5.41, 5.74) is 2.77. The quantitative estimate of drug-likeness (QED) is 0.608. The van der Waals surface area contributed by atoms with Crippen molar-refractivity contribution in [2.75, 3.05) is 0 Å². The second-order valence-electron chi connectivity index (χ2n) is 3.97. The van der Waals surface area contributed by atoms with E-state index in [1.54, 1.807) is 6.21 Å². The van der Waals surface area contributed by atoms with E-state index in [2.05, 4.69) is 50.0 Å². The van der Waals surface area contributed by atoms with Gasteiger partial charge in [-0.1, -0.05) is 63.6 Å². The predicted molar refractivity (Wildman–Crippen MR) is 85.4 cm³/mol. The van der Waals surface area contributed by atoms with Crippen LogP contribution >= 0.6 is 0 Å². The van der Waals surface area contributed by atoms with E-state index in [0.29, 0.717) is 0 Å². The van der Waals surface area contributed by atoms with Crippen LogP contribution in [0.5, 0.6) is 0 Å². The van der Waals surface area contributed by atoms with E-state index in [0.717, 1.165) is 12.8 Å².